The predicted octanol–water partition coefficient (Wildman–Crippen LogP) is 4.65. The Labute approximate surface area is 246 Å². The van der Waals surface area contributed by atoms with E-state index in [2.05, 4.69) is 31.0 Å². The number of rotatable bonds is 9. The Morgan fingerprint density at radius 3 is 2.55 bits per heavy atom. The average molecular weight is 581 g/mol. The second-order valence-corrected chi connectivity index (χ2v) is 9.69. The fraction of sp³-hybridized carbons (Fsp3) is 0.100. The number of benzene rings is 3. The van der Waals surface area contributed by atoms with E-state index in [-0.39, 0.29) is 5.91 Å². The van der Waals surface area contributed by atoms with Gasteiger partial charge in [0.1, 0.15) is 12.1 Å². The third-order valence-corrected chi connectivity index (χ3v) is 6.60. The van der Waals surface area contributed by atoms with Gasteiger partial charge in [-0.05, 0) is 83.9 Å². The SMILES string of the molecule is Cc1nnc(-c2ccc(OC(N)=O)cc2)cc1C(Cc1ccccc1)NC(=O)C=Cc1cc(Cl)ccc1-n1cnnn1. The van der Waals surface area contributed by atoms with Crippen molar-refractivity contribution in [2.75, 3.05) is 0 Å². The number of hydrogen-bond donors (Lipinski definition) is 2. The van der Waals surface area contributed by atoms with Crippen LogP contribution in [-0.2, 0) is 11.2 Å². The summed E-state index contributed by atoms with van der Waals surface area (Å²) in [6.07, 6.45) is 4.20. The molecule has 12 heteroatoms. The first-order valence-electron chi connectivity index (χ1n) is 12.8. The standard InChI is InChI=1S/C30H25ClN8O3/c1-19-25(17-26(36-35-19)21-7-11-24(12-8-21)42-30(32)41)27(15-20-5-3-2-4-6-20)34-29(40)14-9-22-16-23(31)10-13-28(22)39-18-33-37-38-39/h2-14,16-18,27H,15H2,1H3,(H2,32,41)(H,34,40). The van der Waals surface area contributed by atoms with E-state index in [0.29, 0.717) is 39.8 Å². The van der Waals surface area contributed by atoms with Crippen molar-refractivity contribution in [1.29, 1.82) is 0 Å². The lowest BCUT2D eigenvalue weighted by Crippen LogP contribution is -2.29. The Hall–Kier alpha value is -5.42. The molecule has 0 aliphatic carbocycles. The van der Waals surface area contributed by atoms with E-state index in [1.54, 1.807) is 48.5 Å². The van der Waals surface area contributed by atoms with Crippen LogP contribution in [-0.4, -0.2) is 42.4 Å². The number of halogens is 1. The maximum Gasteiger partial charge on any atom is 0.409 e. The van der Waals surface area contributed by atoms with Crippen molar-refractivity contribution in [3.05, 3.63) is 119 Å². The first-order chi connectivity index (χ1) is 20.4. The number of tetrazole rings is 1. The fourth-order valence-electron chi connectivity index (χ4n) is 4.38. The summed E-state index contributed by atoms with van der Waals surface area (Å²) in [6, 6.07) is 23.3. The van der Waals surface area contributed by atoms with Gasteiger partial charge in [0, 0.05) is 27.8 Å². The molecule has 0 bridgehead atoms. The number of hydrogen-bond acceptors (Lipinski definition) is 8. The summed E-state index contributed by atoms with van der Waals surface area (Å²) < 4.78 is 6.41. The number of aromatic nitrogens is 6. The molecule has 0 radical (unpaired) electrons. The number of primary amides is 1. The van der Waals surface area contributed by atoms with Gasteiger partial charge in [0.2, 0.25) is 5.91 Å². The van der Waals surface area contributed by atoms with Crippen LogP contribution in [0.15, 0.2) is 91.3 Å². The Morgan fingerprint density at radius 2 is 1.83 bits per heavy atom. The van der Waals surface area contributed by atoms with Crippen LogP contribution in [0.25, 0.3) is 23.0 Å². The first-order valence-corrected chi connectivity index (χ1v) is 13.2. The molecule has 2 heterocycles. The molecule has 0 saturated heterocycles. The molecule has 0 aliphatic heterocycles. The lowest BCUT2D eigenvalue weighted by Gasteiger charge is -2.21. The van der Waals surface area contributed by atoms with Crippen molar-refractivity contribution >= 4 is 29.7 Å². The van der Waals surface area contributed by atoms with E-state index >= 15 is 0 Å². The predicted molar refractivity (Wildman–Crippen MR) is 157 cm³/mol. The Morgan fingerprint density at radius 1 is 1.05 bits per heavy atom. The molecule has 210 valence electrons. The third-order valence-electron chi connectivity index (χ3n) is 6.36. The summed E-state index contributed by atoms with van der Waals surface area (Å²) in [6.45, 7) is 1.85. The fourth-order valence-corrected chi connectivity index (χ4v) is 4.56. The van der Waals surface area contributed by atoms with E-state index in [9.17, 15) is 9.59 Å². The van der Waals surface area contributed by atoms with Gasteiger partial charge in [-0.2, -0.15) is 14.9 Å². The van der Waals surface area contributed by atoms with Gasteiger partial charge in [-0.15, -0.1) is 5.10 Å². The topological polar surface area (TPSA) is 151 Å². The Kier molecular flexibility index (Phi) is 8.59. The van der Waals surface area contributed by atoms with Crippen LogP contribution in [0.3, 0.4) is 0 Å². The molecule has 0 aliphatic rings. The van der Waals surface area contributed by atoms with Crippen molar-refractivity contribution in [3.63, 3.8) is 0 Å². The lowest BCUT2D eigenvalue weighted by molar-refractivity contribution is -0.117. The molecular formula is C30H25ClN8O3. The summed E-state index contributed by atoms with van der Waals surface area (Å²) in [4.78, 5) is 24.4. The highest BCUT2D eigenvalue weighted by Gasteiger charge is 2.19. The zero-order valence-corrected chi connectivity index (χ0v) is 23.1. The van der Waals surface area contributed by atoms with E-state index in [4.69, 9.17) is 22.1 Å². The minimum absolute atomic E-state index is 0.315. The molecular weight excluding hydrogens is 556 g/mol. The molecule has 1 unspecified atom stereocenters. The first kappa shape index (κ1) is 28.1. The molecule has 2 amide bonds. The number of carbonyl (C=O) groups excluding carboxylic acids is 2. The molecule has 5 aromatic rings. The van der Waals surface area contributed by atoms with Crippen LogP contribution in [0.5, 0.6) is 5.75 Å². The second kappa shape index (κ2) is 12.8. The summed E-state index contributed by atoms with van der Waals surface area (Å²) >= 11 is 6.23. The third kappa shape index (κ3) is 7.01. The number of nitrogens with one attached hydrogen (secondary N) is 1. The number of amides is 2. The van der Waals surface area contributed by atoms with Crippen molar-refractivity contribution in [1.82, 2.24) is 35.7 Å². The lowest BCUT2D eigenvalue weighted by atomic mass is 9.96. The van der Waals surface area contributed by atoms with Gasteiger partial charge in [0.25, 0.3) is 0 Å². The van der Waals surface area contributed by atoms with E-state index in [1.165, 1.54) is 17.1 Å². The van der Waals surface area contributed by atoms with Crippen LogP contribution < -0.4 is 15.8 Å². The van der Waals surface area contributed by atoms with E-state index < -0.39 is 12.1 Å². The molecule has 0 fully saturated rings. The van der Waals surface area contributed by atoms with E-state index in [0.717, 1.165) is 16.7 Å². The second-order valence-electron chi connectivity index (χ2n) is 9.26. The highest BCUT2D eigenvalue weighted by Crippen LogP contribution is 2.27. The normalized spacial score (nSPS) is 11.8. The average Bonchev–Trinajstić information content (AvgIpc) is 3.52. The maximum absolute atomic E-state index is 13.3. The van der Waals surface area contributed by atoms with Gasteiger partial charge < -0.3 is 15.8 Å². The molecule has 5 rings (SSSR count). The monoisotopic (exact) mass is 580 g/mol. The van der Waals surface area contributed by atoms with E-state index in [1.807, 2.05) is 43.3 Å². The molecule has 0 saturated carbocycles. The van der Waals surface area contributed by atoms with Crippen molar-refractivity contribution in [2.24, 2.45) is 5.73 Å². The number of aryl methyl sites for hydroxylation is 1. The minimum Gasteiger partial charge on any atom is -0.411 e. The number of nitrogens with zero attached hydrogens (tertiary/aromatic N) is 6. The van der Waals surface area contributed by atoms with Gasteiger partial charge in [-0.3, -0.25) is 4.79 Å². The van der Waals surface area contributed by atoms with Gasteiger partial charge in [-0.25, -0.2) is 4.79 Å². The number of carbonyl (C=O) groups is 2. The molecule has 42 heavy (non-hydrogen) atoms. The molecule has 1 atom stereocenters. The molecule has 3 N–H and O–H groups in total. The largest absolute Gasteiger partial charge is 0.411 e. The van der Waals surface area contributed by atoms with Crippen molar-refractivity contribution < 1.29 is 14.3 Å². The molecule has 3 aromatic carbocycles. The highest BCUT2D eigenvalue weighted by atomic mass is 35.5. The summed E-state index contributed by atoms with van der Waals surface area (Å²) in [5, 5.41) is 23.7. The minimum atomic E-state index is -0.893. The van der Waals surface area contributed by atoms with Crippen LogP contribution in [0.1, 0.15) is 28.4 Å². The van der Waals surface area contributed by atoms with Crippen LogP contribution >= 0.6 is 11.6 Å². The van der Waals surface area contributed by atoms with Gasteiger partial charge in [0.15, 0.2) is 0 Å². The number of ether oxygens (including phenoxy) is 1. The molecule has 11 nitrogen and oxygen atoms in total. The Balaban J connectivity index is 1.43. The Bertz CT molecular complexity index is 1730. The van der Waals surface area contributed by atoms with Crippen LogP contribution in [0.4, 0.5) is 4.79 Å². The summed E-state index contributed by atoms with van der Waals surface area (Å²) in [7, 11) is 0. The zero-order valence-electron chi connectivity index (χ0n) is 22.4. The highest BCUT2D eigenvalue weighted by molar-refractivity contribution is 6.30. The molecule has 2 aromatic heterocycles. The smallest absolute Gasteiger partial charge is 0.409 e. The quantitative estimate of drug-likeness (QED) is 0.239. The maximum atomic E-state index is 13.3. The van der Waals surface area contributed by atoms with Gasteiger partial charge in [-0.1, -0.05) is 41.9 Å². The van der Waals surface area contributed by atoms with Crippen LogP contribution in [0.2, 0.25) is 5.02 Å². The molecule has 0 spiro atoms. The summed E-state index contributed by atoms with van der Waals surface area (Å²) in [5.41, 5.74) is 10.3. The number of nitrogens with two attached hydrogens (primary N) is 1. The van der Waals surface area contributed by atoms with Crippen molar-refractivity contribution in [3.8, 4) is 22.7 Å². The van der Waals surface area contributed by atoms with Gasteiger partial charge >= 0.3 is 6.09 Å². The van der Waals surface area contributed by atoms with Crippen LogP contribution in [0, 0.1) is 6.92 Å². The summed E-state index contributed by atoms with van der Waals surface area (Å²) in [5.74, 6) is -0.000203. The van der Waals surface area contributed by atoms with Crippen molar-refractivity contribution in [2.45, 2.75) is 19.4 Å². The zero-order chi connectivity index (χ0) is 29.5. The van der Waals surface area contributed by atoms with Gasteiger partial charge in [0.05, 0.1) is 23.1 Å².